The molecule has 1 saturated heterocycles. The molecule has 0 bridgehead atoms. The SMILES string of the molecule is Cc1cc(C2CCCN2Cc2nnsc2Cl)on1. The first-order valence-corrected chi connectivity index (χ1v) is 7.03. The van der Waals surface area contributed by atoms with E-state index < -0.39 is 0 Å². The van der Waals surface area contributed by atoms with E-state index in [0.717, 1.165) is 43.1 Å². The third kappa shape index (κ3) is 2.28. The van der Waals surface area contributed by atoms with Crippen LogP contribution in [0.2, 0.25) is 4.34 Å². The highest BCUT2D eigenvalue weighted by Crippen LogP contribution is 2.34. The summed E-state index contributed by atoms with van der Waals surface area (Å²) < 4.78 is 9.91. The lowest BCUT2D eigenvalue weighted by atomic mass is 10.1. The largest absolute Gasteiger partial charge is 0.359 e. The van der Waals surface area contributed by atoms with Crippen molar-refractivity contribution in [3.63, 3.8) is 0 Å². The van der Waals surface area contributed by atoms with Crippen LogP contribution in [0.4, 0.5) is 0 Å². The first-order chi connectivity index (χ1) is 8.74. The van der Waals surface area contributed by atoms with Gasteiger partial charge >= 0.3 is 0 Å². The molecule has 5 nitrogen and oxygen atoms in total. The summed E-state index contributed by atoms with van der Waals surface area (Å²) in [5.74, 6) is 0.935. The predicted octanol–water partition coefficient (Wildman–Crippen LogP) is 2.83. The molecule has 1 fully saturated rings. The van der Waals surface area contributed by atoms with Gasteiger partial charge in [-0.3, -0.25) is 4.90 Å². The highest BCUT2D eigenvalue weighted by molar-refractivity contribution is 7.10. The number of rotatable bonds is 3. The van der Waals surface area contributed by atoms with E-state index in [9.17, 15) is 0 Å². The second-order valence-electron chi connectivity index (χ2n) is 4.49. The first-order valence-electron chi connectivity index (χ1n) is 5.88. The summed E-state index contributed by atoms with van der Waals surface area (Å²) in [5.41, 5.74) is 1.77. The predicted molar refractivity (Wildman–Crippen MR) is 68.5 cm³/mol. The summed E-state index contributed by atoms with van der Waals surface area (Å²) in [5, 5.41) is 8.02. The summed E-state index contributed by atoms with van der Waals surface area (Å²) in [4.78, 5) is 2.32. The van der Waals surface area contributed by atoms with Crippen LogP contribution < -0.4 is 0 Å². The van der Waals surface area contributed by atoms with Crippen LogP contribution in [-0.2, 0) is 6.54 Å². The van der Waals surface area contributed by atoms with Crippen molar-refractivity contribution in [2.75, 3.05) is 6.54 Å². The molecule has 3 rings (SSSR count). The minimum atomic E-state index is 0.281. The van der Waals surface area contributed by atoms with E-state index in [1.807, 2.05) is 13.0 Å². The standard InChI is InChI=1S/C11H13ClN4OS/c1-7-5-10(17-14-7)9-3-2-4-16(9)6-8-11(12)18-15-13-8/h5,9H,2-4,6H2,1H3. The Morgan fingerprint density at radius 2 is 2.50 bits per heavy atom. The molecule has 1 aliphatic rings. The van der Waals surface area contributed by atoms with Gasteiger partial charge in [0.15, 0.2) is 5.76 Å². The molecule has 0 spiro atoms. The molecule has 2 aromatic heterocycles. The minimum Gasteiger partial charge on any atom is -0.359 e. The van der Waals surface area contributed by atoms with Crippen LogP contribution in [0.1, 0.15) is 36.0 Å². The van der Waals surface area contributed by atoms with E-state index in [1.165, 1.54) is 11.5 Å². The topological polar surface area (TPSA) is 55.1 Å². The Kier molecular flexibility index (Phi) is 3.32. The Balaban J connectivity index is 1.77. The Morgan fingerprint density at radius 3 is 3.17 bits per heavy atom. The van der Waals surface area contributed by atoms with Gasteiger partial charge in [-0.25, -0.2) is 0 Å². The van der Waals surface area contributed by atoms with E-state index >= 15 is 0 Å². The lowest BCUT2D eigenvalue weighted by Crippen LogP contribution is -2.22. The number of halogens is 1. The van der Waals surface area contributed by atoms with Crippen molar-refractivity contribution in [2.45, 2.75) is 32.4 Å². The van der Waals surface area contributed by atoms with E-state index in [-0.39, 0.29) is 6.04 Å². The zero-order chi connectivity index (χ0) is 12.5. The van der Waals surface area contributed by atoms with Crippen molar-refractivity contribution in [3.8, 4) is 0 Å². The van der Waals surface area contributed by atoms with Crippen LogP contribution in [0.3, 0.4) is 0 Å². The van der Waals surface area contributed by atoms with Gasteiger partial charge in [0, 0.05) is 24.1 Å². The van der Waals surface area contributed by atoms with Gasteiger partial charge < -0.3 is 4.52 Å². The molecular weight excluding hydrogens is 272 g/mol. The normalized spacial score (nSPS) is 20.7. The maximum absolute atomic E-state index is 6.05. The molecule has 96 valence electrons. The maximum Gasteiger partial charge on any atom is 0.154 e. The lowest BCUT2D eigenvalue weighted by Gasteiger charge is -2.20. The number of hydrogen-bond donors (Lipinski definition) is 0. The number of hydrogen-bond acceptors (Lipinski definition) is 6. The number of aromatic nitrogens is 3. The zero-order valence-corrected chi connectivity index (χ0v) is 11.5. The van der Waals surface area contributed by atoms with Gasteiger partial charge in [-0.1, -0.05) is 21.2 Å². The second-order valence-corrected chi connectivity index (χ2v) is 5.85. The Bertz CT molecular complexity index is 541. The van der Waals surface area contributed by atoms with Crippen molar-refractivity contribution in [2.24, 2.45) is 0 Å². The number of likely N-dealkylation sites (tertiary alicyclic amines) is 1. The molecule has 2 aromatic rings. The second kappa shape index (κ2) is 4.95. The van der Waals surface area contributed by atoms with E-state index in [4.69, 9.17) is 16.1 Å². The van der Waals surface area contributed by atoms with Crippen LogP contribution >= 0.6 is 23.1 Å². The van der Waals surface area contributed by atoms with Gasteiger partial charge in [-0.2, -0.15) is 0 Å². The fraction of sp³-hybridized carbons (Fsp3) is 0.545. The molecule has 1 atom stereocenters. The van der Waals surface area contributed by atoms with Crippen molar-refractivity contribution < 1.29 is 4.52 Å². The summed E-state index contributed by atoms with van der Waals surface area (Å²) in [6, 6.07) is 2.29. The summed E-state index contributed by atoms with van der Waals surface area (Å²) in [6.45, 7) is 3.69. The van der Waals surface area contributed by atoms with Crippen LogP contribution in [0.25, 0.3) is 0 Å². The van der Waals surface area contributed by atoms with Crippen LogP contribution in [0.15, 0.2) is 10.6 Å². The lowest BCUT2D eigenvalue weighted by molar-refractivity contribution is 0.204. The first kappa shape index (κ1) is 12.1. The maximum atomic E-state index is 6.05. The van der Waals surface area contributed by atoms with E-state index in [1.54, 1.807) is 0 Å². The summed E-state index contributed by atoms with van der Waals surface area (Å²) >= 11 is 7.28. The molecule has 1 aliphatic heterocycles. The highest BCUT2D eigenvalue weighted by Gasteiger charge is 2.30. The minimum absolute atomic E-state index is 0.281. The highest BCUT2D eigenvalue weighted by atomic mass is 35.5. The van der Waals surface area contributed by atoms with Crippen molar-refractivity contribution in [1.82, 2.24) is 19.6 Å². The summed E-state index contributed by atoms with van der Waals surface area (Å²) in [7, 11) is 0. The third-order valence-corrected chi connectivity index (χ3v) is 4.18. The number of aryl methyl sites for hydroxylation is 1. The average Bonchev–Trinajstić information content (AvgIpc) is 3.03. The van der Waals surface area contributed by atoms with Crippen molar-refractivity contribution >= 4 is 23.1 Å². The molecule has 0 aromatic carbocycles. The van der Waals surface area contributed by atoms with Gasteiger partial charge in [-0.05, 0) is 26.3 Å². The fourth-order valence-electron chi connectivity index (χ4n) is 2.36. The number of nitrogens with zero attached hydrogens (tertiary/aromatic N) is 4. The Morgan fingerprint density at radius 1 is 1.61 bits per heavy atom. The molecule has 0 radical (unpaired) electrons. The van der Waals surface area contributed by atoms with E-state index in [2.05, 4.69) is 19.6 Å². The molecule has 0 amide bonds. The third-order valence-electron chi connectivity index (χ3n) is 3.20. The Hall–Kier alpha value is -0.980. The average molecular weight is 285 g/mol. The quantitative estimate of drug-likeness (QED) is 0.867. The van der Waals surface area contributed by atoms with Crippen LogP contribution in [0.5, 0.6) is 0 Å². The van der Waals surface area contributed by atoms with Gasteiger partial charge in [-0.15, -0.1) is 5.10 Å². The Labute approximate surface area is 114 Å². The van der Waals surface area contributed by atoms with Gasteiger partial charge in [0.25, 0.3) is 0 Å². The van der Waals surface area contributed by atoms with E-state index in [0.29, 0.717) is 4.34 Å². The van der Waals surface area contributed by atoms with Crippen molar-refractivity contribution in [1.29, 1.82) is 0 Å². The van der Waals surface area contributed by atoms with Gasteiger partial charge in [0.05, 0.1) is 11.7 Å². The molecule has 0 N–H and O–H groups in total. The smallest absolute Gasteiger partial charge is 0.154 e. The fourth-order valence-corrected chi connectivity index (χ4v) is 2.97. The van der Waals surface area contributed by atoms with Crippen molar-refractivity contribution in [3.05, 3.63) is 27.6 Å². The van der Waals surface area contributed by atoms with Gasteiger partial charge in [0.2, 0.25) is 0 Å². The molecular formula is C11H13ClN4OS. The molecule has 7 heteroatoms. The van der Waals surface area contributed by atoms with Gasteiger partial charge in [0.1, 0.15) is 10.0 Å². The van der Waals surface area contributed by atoms with Crippen LogP contribution in [0, 0.1) is 6.92 Å². The molecule has 0 aliphatic carbocycles. The molecule has 18 heavy (non-hydrogen) atoms. The summed E-state index contributed by atoms with van der Waals surface area (Å²) in [6.07, 6.45) is 2.24. The molecule has 0 saturated carbocycles. The zero-order valence-electron chi connectivity index (χ0n) is 9.97. The monoisotopic (exact) mass is 284 g/mol. The molecule has 1 unspecified atom stereocenters. The molecule has 3 heterocycles. The van der Waals surface area contributed by atoms with Crippen LogP contribution in [-0.4, -0.2) is 26.2 Å².